The fraction of sp³-hybridized carbons (Fsp3) is 0.357. The quantitative estimate of drug-likeness (QED) is 0.823. The SMILES string of the molecule is CN(C(=O)c1cnn(-c2ccccc2)n1)C1CCS(=O)(=O)C1. The molecular weight excluding hydrogens is 304 g/mol. The maximum atomic E-state index is 12.4. The maximum absolute atomic E-state index is 12.4. The van der Waals surface area contributed by atoms with Gasteiger partial charge in [0.1, 0.15) is 0 Å². The smallest absolute Gasteiger partial charge is 0.276 e. The zero-order valence-electron chi connectivity index (χ0n) is 12.1. The normalized spacial score (nSPS) is 20.0. The van der Waals surface area contributed by atoms with E-state index in [4.69, 9.17) is 0 Å². The lowest BCUT2D eigenvalue weighted by Crippen LogP contribution is -2.38. The molecule has 0 aliphatic carbocycles. The van der Waals surface area contributed by atoms with Gasteiger partial charge in [-0.3, -0.25) is 4.79 Å². The Morgan fingerprint density at radius 2 is 2.05 bits per heavy atom. The largest absolute Gasteiger partial charge is 0.336 e. The Bertz CT molecular complexity index is 785. The summed E-state index contributed by atoms with van der Waals surface area (Å²) in [7, 11) is -1.42. The molecule has 1 saturated heterocycles. The first-order valence-electron chi connectivity index (χ1n) is 6.92. The van der Waals surface area contributed by atoms with Crippen molar-refractivity contribution in [3.8, 4) is 5.69 Å². The summed E-state index contributed by atoms with van der Waals surface area (Å²) < 4.78 is 23.0. The fourth-order valence-electron chi connectivity index (χ4n) is 2.47. The molecule has 0 spiro atoms. The lowest BCUT2D eigenvalue weighted by atomic mass is 10.2. The standard InChI is InChI=1S/C14H16N4O3S/c1-17(12-7-8-22(20,21)10-12)14(19)13-9-15-18(16-13)11-5-3-2-4-6-11/h2-6,9,12H,7-8,10H2,1H3. The molecule has 1 unspecified atom stereocenters. The molecule has 0 radical (unpaired) electrons. The Labute approximate surface area is 128 Å². The van der Waals surface area contributed by atoms with Crippen molar-refractivity contribution < 1.29 is 13.2 Å². The topological polar surface area (TPSA) is 85.2 Å². The predicted molar refractivity (Wildman–Crippen MR) is 80.5 cm³/mol. The minimum Gasteiger partial charge on any atom is -0.336 e. The zero-order chi connectivity index (χ0) is 15.7. The van der Waals surface area contributed by atoms with Gasteiger partial charge in [-0.2, -0.15) is 9.90 Å². The second-order valence-electron chi connectivity index (χ2n) is 5.33. The molecule has 1 aromatic heterocycles. The van der Waals surface area contributed by atoms with Crippen LogP contribution in [0.3, 0.4) is 0 Å². The molecule has 1 atom stereocenters. The number of rotatable bonds is 3. The number of hydrogen-bond donors (Lipinski definition) is 0. The van der Waals surface area contributed by atoms with Crippen LogP contribution in [0.5, 0.6) is 0 Å². The van der Waals surface area contributed by atoms with Crippen molar-refractivity contribution in [1.29, 1.82) is 0 Å². The molecule has 0 saturated carbocycles. The molecule has 2 heterocycles. The molecule has 1 aliphatic heterocycles. The first-order valence-corrected chi connectivity index (χ1v) is 8.74. The van der Waals surface area contributed by atoms with E-state index in [1.807, 2.05) is 30.3 Å². The van der Waals surface area contributed by atoms with Gasteiger partial charge in [-0.25, -0.2) is 8.42 Å². The summed E-state index contributed by atoms with van der Waals surface area (Å²) in [5, 5.41) is 8.26. The van der Waals surface area contributed by atoms with Crippen LogP contribution in [0.15, 0.2) is 36.5 Å². The molecular formula is C14H16N4O3S. The van der Waals surface area contributed by atoms with E-state index in [1.54, 1.807) is 7.05 Å². The fourth-order valence-corrected chi connectivity index (χ4v) is 4.25. The predicted octanol–water partition coefficient (Wildman–Crippen LogP) is 0.526. The molecule has 1 aliphatic rings. The molecule has 7 nitrogen and oxygen atoms in total. The Balaban J connectivity index is 1.77. The third-order valence-electron chi connectivity index (χ3n) is 3.77. The second-order valence-corrected chi connectivity index (χ2v) is 7.56. The van der Waals surface area contributed by atoms with Crippen molar-refractivity contribution in [2.24, 2.45) is 0 Å². The number of aromatic nitrogens is 3. The summed E-state index contributed by atoms with van der Waals surface area (Å²) in [5.41, 5.74) is 0.961. The number of hydrogen-bond acceptors (Lipinski definition) is 5. The maximum Gasteiger partial charge on any atom is 0.276 e. The molecule has 8 heteroatoms. The van der Waals surface area contributed by atoms with Gasteiger partial charge in [-0.15, -0.1) is 5.10 Å². The first-order chi connectivity index (χ1) is 10.5. The van der Waals surface area contributed by atoms with Crippen LogP contribution in [0, 0.1) is 0 Å². The Kier molecular flexibility index (Phi) is 3.69. The van der Waals surface area contributed by atoms with Gasteiger partial charge in [-0.05, 0) is 18.6 Å². The number of nitrogens with zero attached hydrogens (tertiary/aromatic N) is 4. The number of para-hydroxylation sites is 1. The van der Waals surface area contributed by atoms with Crippen molar-refractivity contribution in [1.82, 2.24) is 19.9 Å². The molecule has 116 valence electrons. The van der Waals surface area contributed by atoms with Crippen LogP contribution >= 0.6 is 0 Å². The van der Waals surface area contributed by atoms with E-state index in [-0.39, 0.29) is 29.1 Å². The number of benzene rings is 1. The molecule has 3 rings (SSSR count). The van der Waals surface area contributed by atoms with Gasteiger partial charge < -0.3 is 4.90 Å². The third-order valence-corrected chi connectivity index (χ3v) is 5.52. The Morgan fingerprint density at radius 1 is 1.32 bits per heavy atom. The van der Waals surface area contributed by atoms with Crippen molar-refractivity contribution in [2.75, 3.05) is 18.6 Å². The minimum atomic E-state index is -3.03. The number of amides is 1. The van der Waals surface area contributed by atoms with Gasteiger partial charge in [0.25, 0.3) is 5.91 Å². The van der Waals surface area contributed by atoms with Crippen LogP contribution < -0.4 is 0 Å². The van der Waals surface area contributed by atoms with Gasteiger partial charge in [-0.1, -0.05) is 18.2 Å². The van der Waals surface area contributed by atoms with Crippen molar-refractivity contribution in [3.05, 3.63) is 42.2 Å². The monoisotopic (exact) mass is 320 g/mol. The molecule has 22 heavy (non-hydrogen) atoms. The van der Waals surface area contributed by atoms with E-state index in [9.17, 15) is 13.2 Å². The molecule has 2 aromatic rings. The summed E-state index contributed by atoms with van der Waals surface area (Å²) in [5.74, 6) is -0.169. The van der Waals surface area contributed by atoms with Crippen LogP contribution in [0.1, 0.15) is 16.9 Å². The van der Waals surface area contributed by atoms with Gasteiger partial charge in [0.15, 0.2) is 15.5 Å². The average molecular weight is 320 g/mol. The van der Waals surface area contributed by atoms with Crippen LogP contribution in [0.4, 0.5) is 0 Å². The summed E-state index contributed by atoms with van der Waals surface area (Å²) >= 11 is 0. The van der Waals surface area contributed by atoms with Crippen molar-refractivity contribution >= 4 is 15.7 Å². The molecule has 1 fully saturated rings. The van der Waals surface area contributed by atoms with Gasteiger partial charge in [0.05, 0.1) is 23.4 Å². The van der Waals surface area contributed by atoms with Crippen molar-refractivity contribution in [3.63, 3.8) is 0 Å². The van der Waals surface area contributed by atoms with Gasteiger partial charge in [0.2, 0.25) is 0 Å². The van der Waals surface area contributed by atoms with Crippen LogP contribution in [0.25, 0.3) is 5.69 Å². The highest BCUT2D eigenvalue weighted by atomic mass is 32.2. The number of sulfone groups is 1. The van der Waals surface area contributed by atoms with Gasteiger partial charge in [0, 0.05) is 13.1 Å². The average Bonchev–Trinajstić information content (AvgIpc) is 3.13. The van der Waals surface area contributed by atoms with E-state index >= 15 is 0 Å². The van der Waals surface area contributed by atoms with E-state index in [2.05, 4.69) is 10.2 Å². The van der Waals surface area contributed by atoms with E-state index < -0.39 is 9.84 Å². The minimum absolute atomic E-state index is 0.0159. The van der Waals surface area contributed by atoms with E-state index in [0.29, 0.717) is 6.42 Å². The van der Waals surface area contributed by atoms with Crippen molar-refractivity contribution in [2.45, 2.75) is 12.5 Å². The van der Waals surface area contributed by atoms with Gasteiger partial charge >= 0.3 is 0 Å². The van der Waals surface area contributed by atoms with Crippen LogP contribution in [-0.2, 0) is 9.84 Å². The number of carbonyl (C=O) groups excluding carboxylic acids is 1. The first kappa shape index (κ1) is 14.7. The molecule has 1 aromatic carbocycles. The second kappa shape index (κ2) is 5.53. The van der Waals surface area contributed by atoms with Crippen LogP contribution in [-0.4, -0.2) is 58.8 Å². The highest BCUT2D eigenvalue weighted by Crippen LogP contribution is 2.18. The molecule has 0 bridgehead atoms. The molecule has 0 N–H and O–H groups in total. The zero-order valence-corrected chi connectivity index (χ0v) is 12.9. The highest BCUT2D eigenvalue weighted by molar-refractivity contribution is 7.91. The Morgan fingerprint density at radius 3 is 2.68 bits per heavy atom. The summed E-state index contributed by atoms with van der Waals surface area (Å²) in [4.78, 5) is 15.2. The summed E-state index contributed by atoms with van der Waals surface area (Å²) in [6.45, 7) is 0. The summed E-state index contributed by atoms with van der Waals surface area (Å²) in [6.07, 6.45) is 1.87. The highest BCUT2D eigenvalue weighted by Gasteiger charge is 2.33. The third kappa shape index (κ3) is 2.87. The Hall–Kier alpha value is -2.22. The number of carbonyl (C=O) groups is 1. The van der Waals surface area contributed by atoms with E-state index in [0.717, 1.165) is 5.69 Å². The van der Waals surface area contributed by atoms with Crippen LogP contribution in [0.2, 0.25) is 0 Å². The lowest BCUT2D eigenvalue weighted by Gasteiger charge is -2.22. The molecule has 1 amide bonds. The summed E-state index contributed by atoms with van der Waals surface area (Å²) in [6, 6.07) is 8.97. The lowest BCUT2D eigenvalue weighted by molar-refractivity contribution is 0.0741. The van der Waals surface area contributed by atoms with E-state index in [1.165, 1.54) is 15.9 Å².